The van der Waals surface area contributed by atoms with Crippen LogP contribution in [0.5, 0.6) is 0 Å². The molecule has 0 rings (SSSR count). The van der Waals surface area contributed by atoms with E-state index < -0.39 is 0 Å². The second-order valence-corrected chi connectivity index (χ2v) is 3.86. The van der Waals surface area contributed by atoms with Gasteiger partial charge in [0.05, 0.1) is 5.84 Å². The number of hydrogen-bond acceptors (Lipinski definition) is 3. The summed E-state index contributed by atoms with van der Waals surface area (Å²) in [7, 11) is 0. The molecule has 0 radical (unpaired) electrons. The molecule has 90 valence electrons. The molecule has 0 aliphatic rings. The van der Waals surface area contributed by atoms with Gasteiger partial charge < -0.3 is 11.1 Å². The molecule has 0 spiro atoms. The van der Waals surface area contributed by atoms with Crippen molar-refractivity contribution in [2.75, 3.05) is 0 Å². The zero-order chi connectivity index (χ0) is 12.7. The summed E-state index contributed by atoms with van der Waals surface area (Å²) in [6.45, 7) is 9.48. The number of rotatable bonds is 3. The van der Waals surface area contributed by atoms with Crippen LogP contribution >= 0.6 is 0 Å². The Morgan fingerprint density at radius 2 is 1.88 bits per heavy atom. The quantitative estimate of drug-likeness (QED) is 0.507. The SMILES string of the molecule is CC/C(C)=C\N=C(NC(C)=N)C(C)=C(C)N. The van der Waals surface area contributed by atoms with Gasteiger partial charge in [0.2, 0.25) is 0 Å². The van der Waals surface area contributed by atoms with Crippen LogP contribution < -0.4 is 11.1 Å². The zero-order valence-corrected chi connectivity index (χ0v) is 10.8. The van der Waals surface area contributed by atoms with Gasteiger partial charge in [-0.15, -0.1) is 0 Å². The van der Waals surface area contributed by atoms with Gasteiger partial charge in [-0.25, -0.2) is 4.99 Å². The summed E-state index contributed by atoms with van der Waals surface area (Å²) in [5, 5.41) is 10.3. The van der Waals surface area contributed by atoms with Crippen LogP contribution in [0.1, 0.15) is 41.0 Å². The maximum atomic E-state index is 7.41. The zero-order valence-electron chi connectivity index (χ0n) is 10.8. The summed E-state index contributed by atoms with van der Waals surface area (Å²) in [5.74, 6) is 0.988. The van der Waals surface area contributed by atoms with Gasteiger partial charge in [0.25, 0.3) is 0 Å². The van der Waals surface area contributed by atoms with Gasteiger partial charge in [0.1, 0.15) is 5.84 Å². The molecular weight excluding hydrogens is 200 g/mol. The number of nitrogens with one attached hydrogen (secondary N) is 2. The molecule has 0 aliphatic carbocycles. The maximum Gasteiger partial charge on any atom is 0.135 e. The largest absolute Gasteiger partial charge is 0.402 e. The van der Waals surface area contributed by atoms with Crippen molar-refractivity contribution in [3.63, 3.8) is 0 Å². The lowest BCUT2D eigenvalue weighted by atomic mass is 10.2. The van der Waals surface area contributed by atoms with Crippen molar-refractivity contribution in [2.24, 2.45) is 10.7 Å². The van der Waals surface area contributed by atoms with Crippen LogP contribution in [0.15, 0.2) is 28.0 Å². The first kappa shape index (κ1) is 14.4. The van der Waals surface area contributed by atoms with Crippen LogP contribution in [0.3, 0.4) is 0 Å². The lowest BCUT2D eigenvalue weighted by molar-refractivity contribution is 1.08. The minimum atomic E-state index is 0.349. The average molecular weight is 222 g/mol. The Labute approximate surface area is 97.8 Å². The van der Waals surface area contributed by atoms with Crippen molar-refractivity contribution in [1.82, 2.24) is 5.32 Å². The van der Waals surface area contributed by atoms with E-state index in [-0.39, 0.29) is 0 Å². The highest BCUT2D eigenvalue weighted by Crippen LogP contribution is 2.03. The second kappa shape index (κ2) is 6.82. The summed E-state index contributed by atoms with van der Waals surface area (Å²) < 4.78 is 0. The predicted molar refractivity (Wildman–Crippen MR) is 70.6 cm³/mol. The number of nitrogens with two attached hydrogens (primary N) is 1. The van der Waals surface area contributed by atoms with Crippen molar-refractivity contribution in [2.45, 2.75) is 41.0 Å². The maximum absolute atomic E-state index is 7.41. The van der Waals surface area contributed by atoms with E-state index in [9.17, 15) is 0 Å². The molecule has 0 heterocycles. The van der Waals surface area contributed by atoms with Crippen LogP contribution in [0.2, 0.25) is 0 Å². The Morgan fingerprint density at radius 3 is 2.25 bits per heavy atom. The lowest BCUT2D eigenvalue weighted by Gasteiger charge is -2.09. The van der Waals surface area contributed by atoms with Crippen molar-refractivity contribution >= 4 is 11.7 Å². The van der Waals surface area contributed by atoms with E-state index in [0.717, 1.165) is 12.0 Å². The third-order valence-electron chi connectivity index (χ3n) is 2.22. The number of nitrogens with zero attached hydrogens (tertiary/aromatic N) is 1. The highest BCUT2D eigenvalue weighted by atomic mass is 15.0. The van der Waals surface area contributed by atoms with E-state index in [1.165, 1.54) is 5.57 Å². The Morgan fingerprint density at radius 1 is 1.31 bits per heavy atom. The van der Waals surface area contributed by atoms with Crippen LogP contribution in [0.4, 0.5) is 0 Å². The summed E-state index contributed by atoms with van der Waals surface area (Å²) >= 11 is 0. The molecule has 0 amide bonds. The minimum Gasteiger partial charge on any atom is -0.402 e. The Kier molecular flexibility index (Phi) is 6.15. The van der Waals surface area contributed by atoms with E-state index >= 15 is 0 Å². The third-order valence-corrected chi connectivity index (χ3v) is 2.22. The Balaban J connectivity index is 5.10. The van der Waals surface area contributed by atoms with E-state index in [1.807, 2.05) is 20.8 Å². The van der Waals surface area contributed by atoms with Gasteiger partial charge in [-0.1, -0.05) is 12.5 Å². The molecule has 0 aromatic rings. The summed E-state index contributed by atoms with van der Waals surface area (Å²) in [4.78, 5) is 4.32. The Bertz CT molecular complexity index is 344. The van der Waals surface area contributed by atoms with E-state index in [1.54, 1.807) is 13.1 Å². The Hall–Kier alpha value is -1.58. The first-order chi connectivity index (χ1) is 7.38. The van der Waals surface area contributed by atoms with Gasteiger partial charge in [-0.3, -0.25) is 5.41 Å². The highest BCUT2D eigenvalue weighted by Gasteiger charge is 2.03. The van der Waals surface area contributed by atoms with Gasteiger partial charge in [0.15, 0.2) is 0 Å². The van der Waals surface area contributed by atoms with E-state index in [2.05, 4.69) is 17.2 Å². The molecule has 0 aromatic carbocycles. The van der Waals surface area contributed by atoms with Gasteiger partial charge in [-0.2, -0.15) is 0 Å². The molecule has 0 saturated carbocycles. The van der Waals surface area contributed by atoms with Crippen molar-refractivity contribution in [3.8, 4) is 0 Å². The fraction of sp³-hybridized carbons (Fsp3) is 0.500. The third kappa shape index (κ3) is 5.34. The molecule has 0 bridgehead atoms. The number of allylic oxidation sites excluding steroid dienone is 2. The van der Waals surface area contributed by atoms with Crippen LogP contribution in [-0.2, 0) is 0 Å². The van der Waals surface area contributed by atoms with Gasteiger partial charge in [-0.05, 0) is 34.1 Å². The molecule has 0 fully saturated rings. The molecule has 0 saturated heterocycles. The lowest BCUT2D eigenvalue weighted by Crippen LogP contribution is -2.29. The predicted octanol–water partition coefficient (Wildman–Crippen LogP) is 2.54. The minimum absolute atomic E-state index is 0.349. The van der Waals surface area contributed by atoms with Gasteiger partial charge in [0, 0.05) is 17.5 Å². The molecule has 0 atom stereocenters. The van der Waals surface area contributed by atoms with Gasteiger partial charge >= 0.3 is 0 Å². The van der Waals surface area contributed by atoms with Crippen LogP contribution in [-0.4, -0.2) is 11.7 Å². The van der Waals surface area contributed by atoms with Crippen molar-refractivity contribution in [1.29, 1.82) is 5.41 Å². The summed E-state index contributed by atoms with van der Waals surface area (Å²) in [6, 6.07) is 0. The van der Waals surface area contributed by atoms with Crippen molar-refractivity contribution in [3.05, 3.63) is 23.0 Å². The smallest absolute Gasteiger partial charge is 0.135 e. The molecular formula is C12H22N4. The van der Waals surface area contributed by atoms with Crippen LogP contribution in [0, 0.1) is 5.41 Å². The molecule has 4 N–H and O–H groups in total. The molecule has 4 nitrogen and oxygen atoms in total. The van der Waals surface area contributed by atoms with Crippen LogP contribution in [0.25, 0.3) is 0 Å². The molecule has 16 heavy (non-hydrogen) atoms. The topological polar surface area (TPSA) is 74.3 Å². The van der Waals surface area contributed by atoms with E-state index in [4.69, 9.17) is 11.1 Å². The molecule has 4 heteroatoms. The number of amidine groups is 2. The molecule has 0 unspecified atom stereocenters. The second-order valence-electron chi connectivity index (χ2n) is 3.86. The molecule has 0 aliphatic heterocycles. The fourth-order valence-corrected chi connectivity index (χ4v) is 0.853. The van der Waals surface area contributed by atoms with E-state index in [0.29, 0.717) is 17.4 Å². The number of aliphatic imine (C=N–C) groups is 1. The fourth-order valence-electron chi connectivity index (χ4n) is 0.853. The monoisotopic (exact) mass is 222 g/mol. The summed E-state index contributed by atoms with van der Waals surface area (Å²) in [5.41, 5.74) is 8.47. The summed E-state index contributed by atoms with van der Waals surface area (Å²) in [6.07, 6.45) is 2.77. The highest BCUT2D eigenvalue weighted by molar-refractivity contribution is 6.08. The number of hydrogen-bond donors (Lipinski definition) is 3. The first-order valence-electron chi connectivity index (χ1n) is 5.37. The van der Waals surface area contributed by atoms with Crippen molar-refractivity contribution < 1.29 is 0 Å². The standard InChI is InChI=1S/C12H22N4/c1-6-8(2)7-15-12(16-11(5)14)9(3)10(4)13/h7H,6,13H2,1-5H3,(H2,14,15,16)/b8-7-,10-9?. The first-order valence-corrected chi connectivity index (χ1v) is 5.37. The normalized spacial score (nSPS) is 14.6. The molecule has 0 aromatic heterocycles. The average Bonchev–Trinajstić information content (AvgIpc) is 2.21.